The number of rotatable bonds is 7. The van der Waals surface area contributed by atoms with Crippen LogP contribution in [0.5, 0.6) is 0 Å². The minimum Gasteiger partial charge on any atom is -0.361 e. The first-order chi connectivity index (χ1) is 12.6. The number of amides is 1. The second-order valence-corrected chi connectivity index (χ2v) is 6.39. The molecule has 3 aromatic rings. The number of aryl methyl sites for hydroxylation is 2. The van der Waals surface area contributed by atoms with Gasteiger partial charge in [0.1, 0.15) is 5.76 Å². The molecule has 0 fully saturated rings. The predicted octanol–water partition coefficient (Wildman–Crippen LogP) is 3.50. The highest BCUT2D eigenvalue weighted by Crippen LogP contribution is 2.15. The maximum Gasteiger partial charge on any atom is 0.227 e. The molecule has 1 aromatic carbocycles. The summed E-state index contributed by atoms with van der Waals surface area (Å²) in [4.78, 5) is 18.9. The molecular formula is C21H23N3O2. The third-order valence-electron chi connectivity index (χ3n) is 4.50. The zero-order valence-electron chi connectivity index (χ0n) is 15.2. The Morgan fingerprint density at radius 1 is 1.04 bits per heavy atom. The van der Waals surface area contributed by atoms with Crippen LogP contribution in [0.25, 0.3) is 0 Å². The lowest BCUT2D eigenvalue weighted by molar-refractivity contribution is -0.131. The van der Waals surface area contributed by atoms with Crippen molar-refractivity contribution in [2.24, 2.45) is 0 Å². The highest BCUT2D eigenvalue weighted by atomic mass is 16.5. The topological polar surface area (TPSA) is 59.2 Å². The number of carbonyl (C=O) groups excluding carboxylic acids is 1. The molecule has 0 unspecified atom stereocenters. The van der Waals surface area contributed by atoms with Gasteiger partial charge in [0.2, 0.25) is 5.91 Å². The Morgan fingerprint density at radius 3 is 2.42 bits per heavy atom. The molecule has 0 saturated heterocycles. The lowest BCUT2D eigenvalue weighted by atomic mass is 10.1. The van der Waals surface area contributed by atoms with Gasteiger partial charge >= 0.3 is 0 Å². The van der Waals surface area contributed by atoms with E-state index in [1.165, 1.54) is 5.56 Å². The van der Waals surface area contributed by atoms with E-state index in [0.29, 0.717) is 25.3 Å². The van der Waals surface area contributed by atoms with Crippen LogP contribution in [0.3, 0.4) is 0 Å². The fraction of sp³-hybridized carbons (Fsp3) is 0.286. The van der Waals surface area contributed by atoms with Gasteiger partial charge in [0.05, 0.1) is 12.1 Å². The molecule has 5 nitrogen and oxygen atoms in total. The summed E-state index contributed by atoms with van der Waals surface area (Å²) in [6.07, 6.45) is 4.63. The molecule has 0 aliphatic carbocycles. The normalized spacial score (nSPS) is 10.7. The number of carbonyl (C=O) groups is 1. The number of hydrogen-bond donors (Lipinski definition) is 0. The number of hydrogen-bond acceptors (Lipinski definition) is 4. The van der Waals surface area contributed by atoms with Crippen molar-refractivity contribution >= 4 is 5.91 Å². The summed E-state index contributed by atoms with van der Waals surface area (Å²) in [6, 6.07) is 14.1. The van der Waals surface area contributed by atoms with Gasteiger partial charge in [-0.15, -0.1) is 0 Å². The van der Waals surface area contributed by atoms with E-state index in [1.807, 2.05) is 49.1 Å². The van der Waals surface area contributed by atoms with Crippen molar-refractivity contribution in [1.82, 2.24) is 15.0 Å². The molecule has 0 atom stereocenters. The predicted molar refractivity (Wildman–Crippen MR) is 99.5 cm³/mol. The Bertz CT molecular complexity index is 825. The Morgan fingerprint density at radius 2 is 1.77 bits per heavy atom. The lowest BCUT2D eigenvalue weighted by Gasteiger charge is -2.23. The van der Waals surface area contributed by atoms with E-state index in [-0.39, 0.29) is 5.91 Å². The van der Waals surface area contributed by atoms with Gasteiger partial charge in [0.25, 0.3) is 0 Å². The Labute approximate surface area is 153 Å². The quantitative estimate of drug-likeness (QED) is 0.655. The average molecular weight is 349 g/mol. The minimum atomic E-state index is 0.0761. The molecule has 0 bridgehead atoms. The Kier molecular flexibility index (Phi) is 5.79. The third-order valence-corrected chi connectivity index (χ3v) is 4.50. The van der Waals surface area contributed by atoms with Crippen LogP contribution in [-0.4, -0.2) is 27.5 Å². The molecule has 2 aromatic heterocycles. The number of nitrogens with zero attached hydrogens (tertiary/aromatic N) is 3. The fourth-order valence-corrected chi connectivity index (χ4v) is 2.93. The summed E-state index contributed by atoms with van der Waals surface area (Å²) in [5, 5.41) is 3.95. The van der Waals surface area contributed by atoms with E-state index in [4.69, 9.17) is 4.52 Å². The highest BCUT2D eigenvalue weighted by molar-refractivity contribution is 5.79. The average Bonchev–Trinajstić information content (AvgIpc) is 2.98. The first kappa shape index (κ1) is 17.9. The smallest absolute Gasteiger partial charge is 0.227 e. The maximum atomic E-state index is 13.0. The largest absolute Gasteiger partial charge is 0.361 e. The monoisotopic (exact) mass is 349 g/mol. The van der Waals surface area contributed by atoms with Crippen LogP contribution in [0.2, 0.25) is 0 Å². The fourth-order valence-electron chi connectivity index (χ4n) is 2.93. The molecule has 26 heavy (non-hydrogen) atoms. The van der Waals surface area contributed by atoms with Gasteiger partial charge in [-0.3, -0.25) is 9.78 Å². The van der Waals surface area contributed by atoms with E-state index in [2.05, 4.69) is 22.3 Å². The van der Waals surface area contributed by atoms with Crippen LogP contribution in [0.1, 0.15) is 28.1 Å². The molecule has 5 heteroatoms. The van der Waals surface area contributed by atoms with Crippen molar-refractivity contribution in [2.75, 3.05) is 6.54 Å². The van der Waals surface area contributed by atoms with Crippen LogP contribution in [0.15, 0.2) is 59.4 Å². The number of aromatic nitrogens is 2. The van der Waals surface area contributed by atoms with Crippen LogP contribution in [-0.2, 0) is 24.2 Å². The summed E-state index contributed by atoms with van der Waals surface area (Å²) in [7, 11) is 0. The summed E-state index contributed by atoms with van der Waals surface area (Å²) < 4.78 is 5.19. The van der Waals surface area contributed by atoms with Crippen molar-refractivity contribution in [3.8, 4) is 0 Å². The van der Waals surface area contributed by atoms with Crippen LogP contribution in [0.4, 0.5) is 0 Å². The molecule has 0 spiro atoms. The van der Waals surface area contributed by atoms with E-state index < -0.39 is 0 Å². The Hall–Kier alpha value is -2.95. The maximum absolute atomic E-state index is 13.0. The zero-order chi connectivity index (χ0) is 18.4. The summed E-state index contributed by atoms with van der Waals surface area (Å²) in [5.74, 6) is 0.787. The number of pyridine rings is 1. The van der Waals surface area contributed by atoms with Gasteiger partial charge in [0, 0.05) is 31.0 Å². The SMILES string of the molecule is Cc1noc(C)c1CC(=O)N(CCc1ccccc1)Cc1ccncc1. The minimum absolute atomic E-state index is 0.0761. The molecule has 3 rings (SSSR count). The molecule has 0 aliphatic heterocycles. The summed E-state index contributed by atoms with van der Waals surface area (Å²) >= 11 is 0. The molecule has 1 amide bonds. The molecule has 0 N–H and O–H groups in total. The van der Waals surface area contributed by atoms with Crippen molar-refractivity contribution in [2.45, 2.75) is 33.2 Å². The molecule has 0 radical (unpaired) electrons. The van der Waals surface area contributed by atoms with Gasteiger partial charge in [0.15, 0.2) is 0 Å². The van der Waals surface area contributed by atoms with E-state index >= 15 is 0 Å². The van der Waals surface area contributed by atoms with E-state index in [0.717, 1.165) is 23.2 Å². The van der Waals surface area contributed by atoms with Gasteiger partial charge in [-0.25, -0.2) is 0 Å². The molecular weight excluding hydrogens is 326 g/mol. The van der Waals surface area contributed by atoms with Crippen molar-refractivity contribution in [1.29, 1.82) is 0 Å². The second-order valence-electron chi connectivity index (χ2n) is 6.39. The van der Waals surface area contributed by atoms with Crippen LogP contribution >= 0.6 is 0 Å². The van der Waals surface area contributed by atoms with Gasteiger partial charge in [-0.05, 0) is 43.5 Å². The van der Waals surface area contributed by atoms with Gasteiger partial charge in [-0.1, -0.05) is 35.5 Å². The van der Waals surface area contributed by atoms with Crippen LogP contribution in [0, 0.1) is 13.8 Å². The standard InChI is InChI=1S/C21H23N3O2/c1-16-20(17(2)26-23-16)14-21(25)24(15-19-8-11-22-12-9-19)13-10-18-6-4-3-5-7-18/h3-9,11-12H,10,13-15H2,1-2H3. The summed E-state index contributed by atoms with van der Waals surface area (Å²) in [5.41, 5.74) is 3.95. The second kappa shape index (κ2) is 8.43. The van der Waals surface area contributed by atoms with Crippen molar-refractivity contribution in [3.05, 3.63) is 83.0 Å². The first-order valence-corrected chi connectivity index (χ1v) is 8.76. The molecule has 134 valence electrons. The molecule has 2 heterocycles. The van der Waals surface area contributed by atoms with E-state index in [1.54, 1.807) is 12.4 Å². The van der Waals surface area contributed by atoms with Crippen LogP contribution < -0.4 is 0 Å². The van der Waals surface area contributed by atoms with Crippen molar-refractivity contribution < 1.29 is 9.32 Å². The number of benzene rings is 1. The highest BCUT2D eigenvalue weighted by Gasteiger charge is 2.19. The van der Waals surface area contributed by atoms with E-state index in [9.17, 15) is 4.79 Å². The lowest BCUT2D eigenvalue weighted by Crippen LogP contribution is -2.34. The molecule has 0 aliphatic rings. The first-order valence-electron chi connectivity index (χ1n) is 8.76. The third kappa shape index (κ3) is 4.57. The summed E-state index contributed by atoms with van der Waals surface area (Å²) in [6.45, 7) is 4.95. The Balaban J connectivity index is 1.74. The molecule has 0 saturated carbocycles. The van der Waals surface area contributed by atoms with Crippen molar-refractivity contribution in [3.63, 3.8) is 0 Å². The zero-order valence-corrected chi connectivity index (χ0v) is 15.2. The van der Waals surface area contributed by atoms with Gasteiger partial charge < -0.3 is 9.42 Å². The van der Waals surface area contributed by atoms with Gasteiger partial charge in [-0.2, -0.15) is 0 Å².